The minimum atomic E-state index is 0.454. The molecule has 1 saturated carbocycles. The van der Waals surface area contributed by atoms with Gasteiger partial charge in [0, 0.05) is 6.61 Å². The van der Waals surface area contributed by atoms with Gasteiger partial charge in [0.05, 0.1) is 6.10 Å². The summed E-state index contributed by atoms with van der Waals surface area (Å²) in [5.41, 5.74) is 0.454. The predicted molar refractivity (Wildman–Crippen MR) is 43.0 cm³/mol. The second-order valence-electron chi connectivity index (χ2n) is 3.90. The molecule has 0 bridgehead atoms. The molecule has 2 atom stereocenters. The summed E-state index contributed by atoms with van der Waals surface area (Å²) in [5.74, 6) is 0.763. The molecule has 0 aromatic carbocycles. The lowest BCUT2D eigenvalue weighted by atomic mass is 10.1. The summed E-state index contributed by atoms with van der Waals surface area (Å²) >= 11 is 0. The molecule has 0 N–H and O–H groups in total. The Morgan fingerprint density at radius 2 is 1.90 bits per heavy atom. The molecule has 1 rings (SSSR count). The van der Waals surface area contributed by atoms with Crippen LogP contribution in [0, 0.1) is 11.3 Å². The lowest BCUT2D eigenvalue weighted by Crippen LogP contribution is -2.02. The van der Waals surface area contributed by atoms with Crippen LogP contribution in [0.5, 0.6) is 0 Å². The fourth-order valence-electron chi connectivity index (χ4n) is 1.44. The Bertz CT molecular complexity index is 118. The molecule has 2 unspecified atom stereocenters. The van der Waals surface area contributed by atoms with E-state index in [1.54, 1.807) is 0 Å². The highest BCUT2D eigenvalue weighted by Gasteiger charge is 2.55. The molecule has 0 aliphatic heterocycles. The van der Waals surface area contributed by atoms with E-state index < -0.39 is 0 Å². The first-order valence-corrected chi connectivity index (χ1v) is 4.22. The van der Waals surface area contributed by atoms with Gasteiger partial charge in [0.25, 0.3) is 0 Å². The molecule has 0 spiro atoms. The number of ether oxygens (including phenoxy) is 1. The molecule has 1 aliphatic rings. The molecule has 0 saturated heterocycles. The van der Waals surface area contributed by atoms with Crippen molar-refractivity contribution in [3.8, 4) is 0 Å². The van der Waals surface area contributed by atoms with E-state index in [1.807, 2.05) is 0 Å². The van der Waals surface area contributed by atoms with Gasteiger partial charge in [-0.2, -0.15) is 0 Å². The van der Waals surface area contributed by atoms with E-state index in [9.17, 15) is 0 Å². The topological polar surface area (TPSA) is 9.23 Å². The van der Waals surface area contributed by atoms with Crippen LogP contribution in [-0.2, 0) is 4.74 Å². The van der Waals surface area contributed by atoms with Crippen LogP contribution >= 0.6 is 0 Å². The van der Waals surface area contributed by atoms with Crippen molar-refractivity contribution in [2.24, 2.45) is 11.3 Å². The quantitative estimate of drug-likeness (QED) is 0.588. The van der Waals surface area contributed by atoms with Crippen LogP contribution < -0.4 is 0 Å². The van der Waals surface area contributed by atoms with Gasteiger partial charge in [0.15, 0.2) is 0 Å². The molecule has 0 heterocycles. The van der Waals surface area contributed by atoms with Crippen LogP contribution in [0.4, 0.5) is 0 Å². The molecular formula is C9H18O. The smallest absolute Gasteiger partial charge is 0.0661 e. The second kappa shape index (κ2) is 2.54. The molecule has 1 aliphatic carbocycles. The first kappa shape index (κ1) is 8.06. The highest BCUT2D eigenvalue weighted by Crippen LogP contribution is 2.53. The maximum absolute atomic E-state index is 5.63. The molecule has 1 fully saturated rings. The first-order valence-electron chi connectivity index (χ1n) is 4.22. The number of rotatable bonds is 3. The molecule has 1 nitrogen and oxygen atoms in total. The molecular weight excluding hydrogens is 124 g/mol. The third-order valence-electron chi connectivity index (χ3n) is 2.75. The zero-order valence-electron chi connectivity index (χ0n) is 7.48. The van der Waals surface area contributed by atoms with Gasteiger partial charge in [-0.15, -0.1) is 0 Å². The average molecular weight is 142 g/mol. The Morgan fingerprint density at radius 3 is 2.20 bits per heavy atom. The van der Waals surface area contributed by atoms with Gasteiger partial charge < -0.3 is 4.74 Å². The van der Waals surface area contributed by atoms with Crippen molar-refractivity contribution in [3.63, 3.8) is 0 Å². The minimum absolute atomic E-state index is 0.454. The number of hydrogen-bond acceptors (Lipinski definition) is 1. The fourth-order valence-corrected chi connectivity index (χ4v) is 1.44. The number of hydrogen-bond donors (Lipinski definition) is 0. The average Bonchev–Trinajstić information content (AvgIpc) is 2.31. The van der Waals surface area contributed by atoms with Gasteiger partial charge in [-0.1, -0.05) is 27.7 Å². The van der Waals surface area contributed by atoms with Crippen molar-refractivity contribution < 1.29 is 4.74 Å². The van der Waals surface area contributed by atoms with E-state index in [4.69, 9.17) is 4.74 Å². The SMILES string of the molecule is CCCOC1C(C)C1(C)C. The summed E-state index contributed by atoms with van der Waals surface area (Å²) in [7, 11) is 0. The highest BCUT2D eigenvalue weighted by atomic mass is 16.5. The Kier molecular flexibility index (Phi) is 2.04. The Hall–Kier alpha value is -0.0400. The fraction of sp³-hybridized carbons (Fsp3) is 1.00. The van der Waals surface area contributed by atoms with Crippen LogP contribution in [0.1, 0.15) is 34.1 Å². The summed E-state index contributed by atoms with van der Waals surface area (Å²) in [5, 5.41) is 0. The largest absolute Gasteiger partial charge is 0.377 e. The Balaban J connectivity index is 2.22. The van der Waals surface area contributed by atoms with E-state index in [-0.39, 0.29) is 0 Å². The summed E-state index contributed by atoms with van der Waals surface area (Å²) in [6, 6.07) is 0. The summed E-state index contributed by atoms with van der Waals surface area (Å²) in [6.07, 6.45) is 1.67. The summed E-state index contributed by atoms with van der Waals surface area (Å²) in [4.78, 5) is 0. The maximum Gasteiger partial charge on any atom is 0.0661 e. The van der Waals surface area contributed by atoms with Crippen molar-refractivity contribution in [2.45, 2.75) is 40.2 Å². The van der Waals surface area contributed by atoms with E-state index in [0.717, 1.165) is 18.9 Å². The van der Waals surface area contributed by atoms with Crippen molar-refractivity contribution in [2.75, 3.05) is 6.61 Å². The summed E-state index contributed by atoms with van der Waals surface area (Å²) < 4.78 is 5.63. The van der Waals surface area contributed by atoms with Crippen molar-refractivity contribution in [3.05, 3.63) is 0 Å². The van der Waals surface area contributed by atoms with Gasteiger partial charge in [-0.25, -0.2) is 0 Å². The standard InChI is InChI=1S/C9H18O/c1-5-6-10-8-7(2)9(8,3)4/h7-8H,5-6H2,1-4H3. The van der Waals surface area contributed by atoms with Crippen molar-refractivity contribution in [1.82, 2.24) is 0 Å². The van der Waals surface area contributed by atoms with E-state index in [2.05, 4.69) is 27.7 Å². The van der Waals surface area contributed by atoms with Crippen LogP contribution in [-0.4, -0.2) is 12.7 Å². The van der Waals surface area contributed by atoms with Gasteiger partial charge in [0.1, 0.15) is 0 Å². The van der Waals surface area contributed by atoms with Gasteiger partial charge >= 0.3 is 0 Å². The highest BCUT2D eigenvalue weighted by molar-refractivity contribution is 5.04. The van der Waals surface area contributed by atoms with Crippen molar-refractivity contribution in [1.29, 1.82) is 0 Å². The molecule has 1 heteroatoms. The zero-order chi connectivity index (χ0) is 7.78. The van der Waals surface area contributed by atoms with Gasteiger partial charge in [-0.05, 0) is 17.8 Å². The van der Waals surface area contributed by atoms with Crippen LogP contribution in [0.25, 0.3) is 0 Å². The van der Waals surface area contributed by atoms with Crippen molar-refractivity contribution >= 4 is 0 Å². The lowest BCUT2D eigenvalue weighted by molar-refractivity contribution is 0.0927. The second-order valence-corrected chi connectivity index (χ2v) is 3.90. The minimum Gasteiger partial charge on any atom is -0.377 e. The van der Waals surface area contributed by atoms with Crippen LogP contribution in [0.15, 0.2) is 0 Å². The van der Waals surface area contributed by atoms with E-state index in [1.165, 1.54) is 0 Å². The molecule has 0 radical (unpaired) electrons. The predicted octanol–water partition coefficient (Wildman–Crippen LogP) is 2.46. The normalized spacial score (nSPS) is 36.0. The zero-order valence-corrected chi connectivity index (χ0v) is 7.48. The lowest BCUT2D eigenvalue weighted by Gasteiger charge is -2.02. The third kappa shape index (κ3) is 1.20. The van der Waals surface area contributed by atoms with Gasteiger partial charge in [-0.3, -0.25) is 0 Å². The molecule has 10 heavy (non-hydrogen) atoms. The Morgan fingerprint density at radius 1 is 1.40 bits per heavy atom. The monoisotopic (exact) mass is 142 g/mol. The maximum atomic E-state index is 5.63. The van der Waals surface area contributed by atoms with E-state index in [0.29, 0.717) is 11.5 Å². The third-order valence-corrected chi connectivity index (χ3v) is 2.75. The van der Waals surface area contributed by atoms with E-state index >= 15 is 0 Å². The van der Waals surface area contributed by atoms with Crippen LogP contribution in [0.3, 0.4) is 0 Å². The van der Waals surface area contributed by atoms with Crippen LogP contribution in [0.2, 0.25) is 0 Å². The van der Waals surface area contributed by atoms with Gasteiger partial charge in [0.2, 0.25) is 0 Å². The first-order chi connectivity index (χ1) is 4.60. The molecule has 0 amide bonds. The Labute approximate surface area is 63.8 Å². The molecule has 60 valence electrons. The summed E-state index contributed by atoms with van der Waals surface area (Å²) in [6.45, 7) is 9.90. The molecule has 0 aromatic rings. The molecule has 0 aromatic heterocycles.